The van der Waals surface area contributed by atoms with Crippen LogP contribution >= 0.6 is 0 Å². The van der Waals surface area contributed by atoms with Gasteiger partial charge in [-0.25, -0.2) is 4.79 Å². The van der Waals surface area contributed by atoms with Gasteiger partial charge in [0.1, 0.15) is 0 Å². The highest BCUT2D eigenvalue weighted by molar-refractivity contribution is 5.94. The summed E-state index contributed by atoms with van der Waals surface area (Å²) in [5.74, 6) is -1.11. The predicted octanol–water partition coefficient (Wildman–Crippen LogP) is 0.409. The van der Waals surface area contributed by atoms with Crippen molar-refractivity contribution in [3.63, 3.8) is 0 Å². The largest absolute Gasteiger partial charge is 0.481 e. The first-order valence-corrected chi connectivity index (χ1v) is 6.91. The molecule has 1 aliphatic rings. The second-order valence-corrected chi connectivity index (χ2v) is 5.24. The van der Waals surface area contributed by atoms with Crippen molar-refractivity contribution in [2.45, 2.75) is 32.6 Å². The van der Waals surface area contributed by atoms with E-state index in [9.17, 15) is 19.5 Å². The Kier molecular flexibility index (Phi) is 5.94. The lowest BCUT2D eigenvalue weighted by molar-refractivity contribution is -0.148. The zero-order valence-electron chi connectivity index (χ0n) is 12.1. The van der Waals surface area contributed by atoms with Crippen LogP contribution in [-0.4, -0.2) is 54.6 Å². The molecule has 3 N–H and O–H groups in total. The van der Waals surface area contributed by atoms with E-state index in [0.29, 0.717) is 32.5 Å². The van der Waals surface area contributed by atoms with Crippen molar-refractivity contribution in [1.82, 2.24) is 15.5 Å². The van der Waals surface area contributed by atoms with Crippen molar-refractivity contribution in [2.24, 2.45) is 5.41 Å². The fraction of sp³-hybridized carbons (Fsp3) is 0.769. The number of carbonyl (C=O) groups excluding carboxylic acids is 2. The van der Waals surface area contributed by atoms with E-state index in [4.69, 9.17) is 0 Å². The van der Waals surface area contributed by atoms with E-state index in [1.807, 2.05) is 11.8 Å². The Bertz CT molecular complexity index is 386. The Morgan fingerprint density at radius 3 is 2.60 bits per heavy atom. The second-order valence-electron chi connectivity index (χ2n) is 5.24. The van der Waals surface area contributed by atoms with Gasteiger partial charge >= 0.3 is 12.0 Å². The summed E-state index contributed by atoms with van der Waals surface area (Å²) in [6.07, 6.45) is 2.29. The van der Waals surface area contributed by atoms with E-state index in [1.165, 1.54) is 7.05 Å². The van der Waals surface area contributed by atoms with Crippen LogP contribution in [0.5, 0.6) is 0 Å². The van der Waals surface area contributed by atoms with Crippen LogP contribution in [0.15, 0.2) is 0 Å². The highest BCUT2D eigenvalue weighted by Gasteiger charge is 2.43. The molecular formula is C13H23N3O4. The van der Waals surface area contributed by atoms with Gasteiger partial charge < -0.3 is 15.3 Å². The normalized spacial score (nSPS) is 22.5. The van der Waals surface area contributed by atoms with Gasteiger partial charge in [-0.05, 0) is 19.4 Å². The minimum Gasteiger partial charge on any atom is -0.481 e. The Balaban J connectivity index is 2.42. The number of urea groups is 1. The zero-order valence-corrected chi connectivity index (χ0v) is 12.1. The van der Waals surface area contributed by atoms with Crippen LogP contribution in [0.1, 0.15) is 32.6 Å². The van der Waals surface area contributed by atoms with E-state index in [2.05, 4.69) is 10.6 Å². The molecule has 114 valence electrons. The van der Waals surface area contributed by atoms with Gasteiger partial charge in [0.05, 0.1) is 5.41 Å². The number of hydrogen-bond donors (Lipinski definition) is 3. The Morgan fingerprint density at radius 2 is 2.05 bits per heavy atom. The standard InChI is InChI=1S/C13H23N3O4/c1-3-5-13(11(18)19)6-8-16(9-13)7-4-10(17)15-12(20)14-2/h3-9H2,1-2H3,(H,18,19)(H2,14,15,17,20). The third-order valence-corrected chi connectivity index (χ3v) is 3.75. The number of carboxylic acids is 1. The first kappa shape index (κ1) is 16.4. The van der Waals surface area contributed by atoms with Crippen LogP contribution in [0.25, 0.3) is 0 Å². The maximum atomic E-state index is 11.5. The number of carbonyl (C=O) groups is 3. The fourth-order valence-electron chi connectivity index (χ4n) is 2.62. The summed E-state index contributed by atoms with van der Waals surface area (Å²) in [4.78, 5) is 35.8. The Hall–Kier alpha value is -1.63. The van der Waals surface area contributed by atoms with E-state index in [1.54, 1.807) is 0 Å². The fourth-order valence-corrected chi connectivity index (χ4v) is 2.62. The topological polar surface area (TPSA) is 98.7 Å². The van der Waals surface area contributed by atoms with Crippen molar-refractivity contribution in [3.05, 3.63) is 0 Å². The number of nitrogens with one attached hydrogen (secondary N) is 2. The van der Waals surface area contributed by atoms with Gasteiger partial charge in [-0.2, -0.15) is 0 Å². The molecule has 3 amide bonds. The summed E-state index contributed by atoms with van der Waals surface area (Å²) < 4.78 is 0. The first-order valence-electron chi connectivity index (χ1n) is 6.91. The molecule has 0 radical (unpaired) electrons. The summed E-state index contributed by atoms with van der Waals surface area (Å²) in [5.41, 5.74) is -0.675. The van der Waals surface area contributed by atoms with Crippen LogP contribution in [0, 0.1) is 5.41 Å². The van der Waals surface area contributed by atoms with Gasteiger partial charge in [-0.1, -0.05) is 13.3 Å². The molecule has 7 heteroatoms. The maximum Gasteiger partial charge on any atom is 0.321 e. The number of nitrogens with zero attached hydrogens (tertiary/aromatic N) is 1. The molecule has 0 aromatic rings. The van der Waals surface area contributed by atoms with Gasteiger partial charge in [0.2, 0.25) is 5.91 Å². The monoisotopic (exact) mass is 285 g/mol. The van der Waals surface area contributed by atoms with Crippen LogP contribution in [0.2, 0.25) is 0 Å². The molecule has 0 aromatic carbocycles. The minimum atomic E-state index is -0.753. The van der Waals surface area contributed by atoms with E-state index < -0.39 is 17.4 Å². The lowest BCUT2D eigenvalue weighted by Gasteiger charge is -2.24. The Morgan fingerprint density at radius 1 is 1.35 bits per heavy atom. The van der Waals surface area contributed by atoms with Gasteiger partial charge in [0.25, 0.3) is 0 Å². The minimum absolute atomic E-state index is 0.190. The van der Waals surface area contributed by atoms with Gasteiger partial charge in [-0.15, -0.1) is 0 Å². The average molecular weight is 285 g/mol. The second kappa shape index (κ2) is 7.23. The van der Waals surface area contributed by atoms with Crippen molar-refractivity contribution in [3.8, 4) is 0 Å². The Labute approximate surface area is 118 Å². The smallest absolute Gasteiger partial charge is 0.321 e. The van der Waals surface area contributed by atoms with Crippen LogP contribution in [0.3, 0.4) is 0 Å². The predicted molar refractivity (Wildman–Crippen MR) is 73.2 cm³/mol. The summed E-state index contributed by atoms with van der Waals surface area (Å²) in [7, 11) is 1.44. The molecule has 1 atom stereocenters. The summed E-state index contributed by atoms with van der Waals surface area (Å²) in [6, 6.07) is -0.526. The highest BCUT2D eigenvalue weighted by Crippen LogP contribution is 2.35. The molecule has 1 unspecified atom stereocenters. The molecule has 7 nitrogen and oxygen atoms in total. The number of aliphatic carboxylic acids is 1. The summed E-state index contributed by atoms with van der Waals surface area (Å²) in [5, 5.41) is 13.9. The molecule has 1 heterocycles. The van der Waals surface area contributed by atoms with E-state index >= 15 is 0 Å². The molecule has 1 aliphatic heterocycles. The van der Waals surface area contributed by atoms with Gasteiger partial charge in [0, 0.05) is 26.6 Å². The molecule has 0 aliphatic carbocycles. The average Bonchev–Trinajstić information content (AvgIpc) is 2.81. The highest BCUT2D eigenvalue weighted by atomic mass is 16.4. The van der Waals surface area contributed by atoms with Crippen LogP contribution in [-0.2, 0) is 9.59 Å². The maximum absolute atomic E-state index is 11.5. The summed E-state index contributed by atoms with van der Waals surface area (Å²) >= 11 is 0. The number of amides is 3. The quantitative estimate of drug-likeness (QED) is 0.656. The van der Waals surface area contributed by atoms with Crippen molar-refractivity contribution in [2.75, 3.05) is 26.7 Å². The lowest BCUT2D eigenvalue weighted by Crippen LogP contribution is -2.39. The van der Waals surface area contributed by atoms with Gasteiger partial charge in [0.15, 0.2) is 0 Å². The molecular weight excluding hydrogens is 262 g/mol. The zero-order chi connectivity index (χ0) is 15.2. The van der Waals surface area contributed by atoms with E-state index in [-0.39, 0.29) is 12.3 Å². The van der Waals surface area contributed by atoms with E-state index in [0.717, 1.165) is 6.42 Å². The van der Waals surface area contributed by atoms with Crippen molar-refractivity contribution >= 4 is 17.9 Å². The third kappa shape index (κ3) is 4.19. The van der Waals surface area contributed by atoms with Crippen LogP contribution in [0.4, 0.5) is 4.79 Å². The molecule has 0 aromatic heterocycles. The SMILES string of the molecule is CCCC1(C(=O)O)CCN(CCC(=O)NC(=O)NC)C1. The molecule has 1 rings (SSSR count). The molecule has 0 bridgehead atoms. The molecule has 1 saturated heterocycles. The molecule has 0 spiro atoms. The van der Waals surface area contributed by atoms with Crippen LogP contribution < -0.4 is 10.6 Å². The lowest BCUT2D eigenvalue weighted by atomic mass is 9.83. The number of likely N-dealkylation sites (tertiary alicyclic amines) is 1. The number of carboxylic acid groups (broad SMARTS) is 1. The number of rotatable bonds is 6. The van der Waals surface area contributed by atoms with Gasteiger partial charge in [-0.3, -0.25) is 14.9 Å². The summed E-state index contributed by atoms with van der Waals surface area (Å²) in [6.45, 7) is 3.61. The van der Waals surface area contributed by atoms with Crippen molar-refractivity contribution < 1.29 is 19.5 Å². The molecule has 1 fully saturated rings. The number of hydrogen-bond acceptors (Lipinski definition) is 4. The first-order chi connectivity index (χ1) is 9.43. The molecule has 20 heavy (non-hydrogen) atoms. The third-order valence-electron chi connectivity index (χ3n) is 3.75. The molecule has 0 saturated carbocycles. The number of imide groups is 1. The van der Waals surface area contributed by atoms with Crippen molar-refractivity contribution in [1.29, 1.82) is 0 Å².